The van der Waals surface area contributed by atoms with Crippen LogP contribution in [-0.2, 0) is 14.3 Å². The maximum atomic E-state index is 11.3. The molecule has 0 saturated heterocycles. The highest BCUT2D eigenvalue weighted by atomic mass is 16.5. The molecule has 1 saturated carbocycles. The molecule has 1 aliphatic rings. The minimum atomic E-state index is -0.519. The normalized spacial score (nSPS) is 17.3. The summed E-state index contributed by atoms with van der Waals surface area (Å²) in [5, 5.41) is 2.60. The van der Waals surface area contributed by atoms with E-state index in [0.717, 1.165) is 19.3 Å². The molecule has 0 radical (unpaired) electrons. The van der Waals surface area contributed by atoms with Crippen LogP contribution in [0.4, 0.5) is 0 Å². The molecule has 14 heavy (non-hydrogen) atoms. The molecule has 1 N–H and O–H groups in total. The van der Waals surface area contributed by atoms with E-state index in [0.29, 0.717) is 6.42 Å². The summed E-state index contributed by atoms with van der Waals surface area (Å²) >= 11 is 0. The molecule has 1 fully saturated rings. The van der Waals surface area contributed by atoms with Crippen molar-refractivity contribution in [3.8, 4) is 0 Å². The van der Waals surface area contributed by atoms with E-state index in [2.05, 4.69) is 5.32 Å². The molecular weight excluding hydrogens is 182 g/mol. The second kappa shape index (κ2) is 4.98. The molecule has 0 aromatic heterocycles. The van der Waals surface area contributed by atoms with Gasteiger partial charge in [-0.25, -0.2) is 4.79 Å². The van der Waals surface area contributed by atoms with Crippen molar-refractivity contribution in [3.05, 3.63) is 0 Å². The zero-order valence-electron chi connectivity index (χ0n) is 8.71. The Hall–Kier alpha value is -1.06. The van der Waals surface area contributed by atoms with Crippen molar-refractivity contribution in [2.75, 3.05) is 0 Å². The molecule has 0 aromatic carbocycles. The Morgan fingerprint density at radius 3 is 2.64 bits per heavy atom. The Morgan fingerprint density at radius 2 is 2.14 bits per heavy atom. The minimum Gasteiger partial charge on any atom is -0.461 e. The smallest absolute Gasteiger partial charge is 0.328 e. The molecule has 0 unspecified atom stereocenters. The maximum Gasteiger partial charge on any atom is 0.328 e. The predicted octanol–water partition coefficient (Wildman–Crippen LogP) is 0.997. The van der Waals surface area contributed by atoms with Gasteiger partial charge in [-0.05, 0) is 26.2 Å². The van der Waals surface area contributed by atoms with Gasteiger partial charge in [0.1, 0.15) is 12.1 Å². The molecule has 0 aliphatic heterocycles. The van der Waals surface area contributed by atoms with Gasteiger partial charge in [0, 0.05) is 6.42 Å². The van der Waals surface area contributed by atoms with Crippen LogP contribution in [0.5, 0.6) is 0 Å². The minimum absolute atomic E-state index is 0.0900. The number of nitrogens with one attached hydrogen (secondary N) is 1. The molecule has 1 amide bonds. The highest BCUT2D eigenvalue weighted by Crippen LogP contribution is 2.23. The molecule has 0 heterocycles. The van der Waals surface area contributed by atoms with Crippen LogP contribution in [0.3, 0.4) is 0 Å². The first kappa shape index (κ1) is 11.0. The Labute approximate surface area is 84.0 Å². The van der Waals surface area contributed by atoms with Gasteiger partial charge in [-0.3, -0.25) is 4.79 Å². The fourth-order valence-corrected chi connectivity index (χ4v) is 1.05. The van der Waals surface area contributed by atoms with Crippen molar-refractivity contribution in [2.24, 2.45) is 0 Å². The lowest BCUT2D eigenvalue weighted by Gasteiger charge is -2.12. The van der Waals surface area contributed by atoms with Crippen molar-refractivity contribution in [1.29, 1.82) is 0 Å². The van der Waals surface area contributed by atoms with Gasteiger partial charge >= 0.3 is 5.97 Å². The first-order valence-electron chi connectivity index (χ1n) is 5.13. The Bertz CT molecular complexity index is 223. The van der Waals surface area contributed by atoms with Crippen LogP contribution in [-0.4, -0.2) is 24.0 Å². The molecule has 4 nitrogen and oxygen atoms in total. The van der Waals surface area contributed by atoms with Crippen molar-refractivity contribution >= 4 is 11.9 Å². The van der Waals surface area contributed by atoms with Crippen LogP contribution < -0.4 is 5.32 Å². The third-order valence-electron chi connectivity index (χ3n) is 2.02. The SMILES string of the molecule is CCCC(=O)N[C@@H](C)C(=O)OC1CC1. The van der Waals surface area contributed by atoms with E-state index >= 15 is 0 Å². The lowest BCUT2D eigenvalue weighted by Crippen LogP contribution is -2.39. The average Bonchev–Trinajstić information content (AvgIpc) is 2.88. The Morgan fingerprint density at radius 1 is 1.50 bits per heavy atom. The summed E-state index contributed by atoms with van der Waals surface area (Å²) in [5.74, 6) is -0.412. The molecule has 80 valence electrons. The van der Waals surface area contributed by atoms with Crippen LogP contribution in [0.1, 0.15) is 39.5 Å². The van der Waals surface area contributed by atoms with Crippen molar-refractivity contribution in [1.82, 2.24) is 5.32 Å². The van der Waals surface area contributed by atoms with Gasteiger partial charge in [-0.2, -0.15) is 0 Å². The van der Waals surface area contributed by atoms with Crippen molar-refractivity contribution in [2.45, 2.75) is 51.7 Å². The number of amides is 1. The second-order valence-corrected chi connectivity index (χ2v) is 3.68. The first-order chi connectivity index (χ1) is 6.63. The fraction of sp³-hybridized carbons (Fsp3) is 0.800. The number of carbonyl (C=O) groups excluding carboxylic acids is 2. The third kappa shape index (κ3) is 3.77. The molecule has 4 heteroatoms. The van der Waals surface area contributed by atoms with Gasteiger partial charge in [0.2, 0.25) is 5.91 Å². The molecular formula is C10H17NO3. The van der Waals surface area contributed by atoms with Gasteiger partial charge in [0.05, 0.1) is 0 Å². The zero-order chi connectivity index (χ0) is 10.6. The van der Waals surface area contributed by atoms with E-state index in [1.807, 2.05) is 6.92 Å². The van der Waals surface area contributed by atoms with Gasteiger partial charge in [-0.1, -0.05) is 6.92 Å². The summed E-state index contributed by atoms with van der Waals surface area (Å²) in [5.41, 5.74) is 0. The largest absolute Gasteiger partial charge is 0.461 e. The van der Waals surface area contributed by atoms with Crippen LogP contribution >= 0.6 is 0 Å². The standard InChI is InChI=1S/C10H17NO3/c1-3-4-9(12)11-7(2)10(13)14-8-5-6-8/h7-8H,3-6H2,1-2H3,(H,11,12)/t7-/m0/s1. The summed E-state index contributed by atoms with van der Waals surface area (Å²) in [6, 6.07) is -0.519. The monoisotopic (exact) mass is 199 g/mol. The number of esters is 1. The lowest BCUT2D eigenvalue weighted by molar-refractivity contribution is -0.148. The Kier molecular flexibility index (Phi) is 3.92. The van der Waals surface area contributed by atoms with E-state index < -0.39 is 6.04 Å². The summed E-state index contributed by atoms with van der Waals surface area (Å²) in [7, 11) is 0. The van der Waals surface area contributed by atoms with E-state index in [4.69, 9.17) is 4.74 Å². The van der Waals surface area contributed by atoms with Gasteiger partial charge in [0.25, 0.3) is 0 Å². The van der Waals surface area contributed by atoms with E-state index in [1.165, 1.54) is 0 Å². The molecule has 1 aliphatic carbocycles. The first-order valence-corrected chi connectivity index (χ1v) is 5.13. The number of hydrogen-bond acceptors (Lipinski definition) is 3. The van der Waals surface area contributed by atoms with Crippen LogP contribution in [0.25, 0.3) is 0 Å². The number of rotatable bonds is 5. The topological polar surface area (TPSA) is 55.4 Å². The van der Waals surface area contributed by atoms with Crippen molar-refractivity contribution < 1.29 is 14.3 Å². The Balaban J connectivity index is 2.21. The molecule has 1 atom stereocenters. The summed E-state index contributed by atoms with van der Waals surface area (Å²) < 4.78 is 5.05. The molecule has 0 aromatic rings. The van der Waals surface area contributed by atoms with Crippen molar-refractivity contribution in [3.63, 3.8) is 0 Å². The number of ether oxygens (including phenoxy) is 1. The molecule has 0 spiro atoms. The van der Waals surface area contributed by atoms with Gasteiger partial charge < -0.3 is 10.1 Å². The lowest BCUT2D eigenvalue weighted by atomic mass is 10.3. The van der Waals surface area contributed by atoms with Crippen LogP contribution in [0.2, 0.25) is 0 Å². The second-order valence-electron chi connectivity index (χ2n) is 3.68. The predicted molar refractivity (Wildman–Crippen MR) is 51.6 cm³/mol. The molecule has 0 bridgehead atoms. The summed E-state index contributed by atoms with van der Waals surface area (Å²) in [4.78, 5) is 22.4. The fourth-order valence-electron chi connectivity index (χ4n) is 1.05. The van der Waals surface area contributed by atoms with Crippen LogP contribution in [0, 0.1) is 0 Å². The highest BCUT2D eigenvalue weighted by Gasteiger charge is 2.28. The molecule has 1 rings (SSSR count). The average molecular weight is 199 g/mol. The quantitative estimate of drug-likeness (QED) is 0.672. The maximum absolute atomic E-state index is 11.3. The van der Waals surface area contributed by atoms with E-state index in [-0.39, 0.29) is 18.0 Å². The van der Waals surface area contributed by atoms with Gasteiger partial charge in [0.15, 0.2) is 0 Å². The highest BCUT2D eigenvalue weighted by molar-refractivity contribution is 5.84. The number of carbonyl (C=O) groups is 2. The van der Waals surface area contributed by atoms with Gasteiger partial charge in [-0.15, -0.1) is 0 Å². The van der Waals surface area contributed by atoms with E-state index in [9.17, 15) is 9.59 Å². The van der Waals surface area contributed by atoms with Crippen LogP contribution in [0.15, 0.2) is 0 Å². The summed E-state index contributed by atoms with van der Waals surface area (Å²) in [6.07, 6.45) is 3.27. The number of hydrogen-bond donors (Lipinski definition) is 1. The third-order valence-corrected chi connectivity index (χ3v) is 2.02. The van der Waals surface area contributed by atoms with E-state index in [1.54, 1.807) is 6.92 Å². The zero-order valence-corrected chi connectivity index (χ0v) is 8.71. The summed E-state index contributed by atoms with van der Waals surface area (Å²) in [6.45, 7) is 3.57.